The molecule has 0 amide bonds. The Morgan fingerprint density at radius 3 is 2.64 bits per heavy atom. The smallest absolute Gasteiger partial charge is 0.119 e. The molecule has 0 bridgehead atoms. The normalized spacial score (nSPS) is 12.9. The minimum Gasteiger partial charge on any atom is -0.508 e. The quantitative estimate of drug-likeness (QED) is 0.875. The van der Waals surface area contributed by atoms with Crippen LogP contribution in [-0.4, -0.2) is 11.7 Å². The number of rotatable bonds is 3. The van der Waals surface area contributed by atoms with E-state index in [1.54, 1.807) is 0 Å². The van der Waals surface area contributed by atoms with E-state index in [0.717, 1.165) is 22.0 Å². The van der Waals surface area contributed by atoms with Crippen molar-refractivity contribution in [2.24, 2.45) is 5.73 Å². The molecule has 0 saturated carbocycles. The van der Waals surface area contributed by atoms with Gasteiger partial charge in [-0.3, -0.25) is 0 Å². The van der Waals surface area contributed by atoms with Crippen LogP contribution in [0.15, 0.2) is 16.6 Å². The fourth-order valence-corrected chi connectivity index (χ4v) is 2.05. The molecule has 1 rings (SSSR count). The van der Waals surface area contributed by atoms with Gasteiger partial charge in [0.1, 0.15) is 5.75 Å². The van der Waals surface area contributed by atoms with Crippen LogP contribution in [0.1, 0.15) is 30.9 Å². The number of hydrogen-bond donors (Lipinski definition) is 2. The fraction of sp³-hybridized carbons (Fsp3) is 0.455. The summed E-state index contributed by atoms with van der Waals surface area (Å²) in [6.45, 7) is 4.62. The Morgan fingerprint density at radius 2 is 2.14 bits per heavy atom. The molecule has 3 N–H and O–H groups in total. The molecule has 2 nitrogen and oxygen atoms in total. The average Bonchev–Trinajstić information content (AvgIpc) is 2.19. The molecule has 0 aliphatic heterocycles. The van der Waals surface area contributed by atoms with Gasteiger partial charge in [0.2, 0.25) is 0 Å². The van der Waals surface area contributed by atoms with Crippen LogP contribution < -0.4 is 5.73 Å². The molecule has 1 atom stereocenters. The zero-order chi connectivity index (χ0) is 10.7. The molecule has 3 heteroatoms. The Kier molecular flexibility index (Phi) is 3.96. The van der Waals surface area contributed by atoms with Crippen molar-refractivity contribution >= 4 is 15.9 Å². The highest BCUT2D eigenvalue weighted by atomic mass is 79.9. The minimum absolute atomic E-state index is 0.192. The van der Waals surface area contributed by atoms with Crippen molar-refractivity contribution in [3.63, 3.8) is 0 Å². The number of phenolic OH excluding ortho intramolecular Hbond substituents is 1. The maximum atomic E-state index is 9.77. The maximum absolute atomic E-state index is 9.77. The van der Waals surface area contributed by atoms with Crippen LogP contribution in [0, 0.1) is 0 Å². The van der Waals surface area contributed by atoms with Crippen molar-refractivity contribution in [3.8, 4) is 5.75 Å². The minimum atomic E-state index is 0.192. The first-order chi connectivity index (χ1) is 6.60. The van der Waals surface area contributed by atoms with Gasteiger partial charge in [0.25, 0.3) is 0 Å². The monoisotopic (exact) mass is 257 g/mol. The summed E-state index contributed by atoms with van der Waals surface area (Å²) in [5.74, 6) is 0.542. The summed E-state index contributed by atoms with van der Waals surface area (Å²) in [7, 11) is 0. The van der Waals surface area contributed by atoms with E-state index in [1.807, 2.05) is 19.1 Å². The lowest BCUT2D eigenvalue weighted by atomic mass is 9.98. The third-order valence-electron chi connectivity index (χ3n) is 2.46. The zero-order valence-electron chi connectivity index (χ0n) is 8.55. The summed E-state index contributed by atoms with van der Waals surface area (Å²) in [6.07, 6.45) is 0.908. The molecule has 1 unspecified atom stereocenters. The summed E-state index contributed by atoms with van der Waals surface area (Å²) in [6, 6.07) is 3.78. The Hall–Kier alpha value is -0.540. The highest BCUT2D eigenvalue weighted by molar-refractivity contribution is 9.10. The molecule has 14 heavy (non-hydrogen) atoms. The van der Waals surface area contributed by atoms with Gasteiger partial charge in [0.05, 0.1) is 0 Å². The lowest BCUT2D eigenvalue weighted by Gasteiger charge is -2.13. The predicted octanol–water partition coefficient (Wildman–Crippen LogP) is 2.78. The fourth-order valence-electron chi connectivity index (χ4n) is 1.41. The number of halogens is 1. The van der Waals surface area contributed by atoms with E-state index >= 15 is 0 Å². The van der Waals surface area contributed by atoms with Gasteiger partial charge < -0.3 is 10.8 Å². The molecule has 0 heterocycles. The third-order valence-corrected chi connectivity index (χ3v) is 3.20. The van der Waals surface area contributed by atoms with E-state index in [4.69, 9.17) is 5.73 Å². The van der Waals surface area contributed by atoms with Gasteiger partial charge in [-0.2, -0.15) is 0 Å². The van der Waals surface area contributed by atoms with Gasteiger partial charge in [-0.15, -0.1) is 0 Å². The summed E-state index contributed by atoms with van der Waals surface area (Å²) < 4.78 is 1.05. The van der Waals surface area contributed by atoms with Crippen molar-refractivity contribution in [2.75, 3.05) is 6.54 Å². The molecular formula is C11H16BrNO. The average molecular weight is 258 g/mol. The molecular weight excluding hydrogens is 242 g/mol. The van der Waals surface area contributed by atoms with Gasteiger partial charge in [0.15, 0.2) is 0 Å². The number of benzene rings is 1. The van der Waals surface area contributed by atoms with E-state index in [2.05, 4.69) is 22.9 Å². The molecule has 1 aromatic carbocycles. The van der Waals surface area contributed by atoms with E-state index in [9.17, 15) is 5.11 Å². The van der Waals surface area contributed by atoms with E-state index in [0.29, 0.717) is 12.3 Å². The van der Waals surface area contributed by atoms with Crippen molar-refractivity contribution in [1.29, 1.82) is 0 Å². The van der Waals surface area contributed by atoms with Crippen LogP contribution in [-0.2, 0) is 6.42 Å². The molecule has 0 radical (unpaired) electrons. The highest BCUT2D eigenvalue weighted by Gasteiger charge is 2.11. The number of aryl methyl sites for hydroxylation is 1. The van der Waals surface area contributed by atoms with Gasteiger partial charge >= 0.3 is 0 Å². The molecule has 0 aliphatic rings. The second-order valence-electron chi connectivity index (χ2n) is 3.49. The second-order valence-corrected chi connectivity index (χ2v) is 4.35. The van der Waals surface area contributed by atoms with Gasteiger partial charge in [-0.25, -0.2) is 0 Å². The van der Waals surface area contributed by atoms with Crippen molar-refractivity contribution < 1.29 is 5.11 Å². The summed E-state index contributed by atoms with van der Waals surface area (Å²) >= 11 is 3.49. The lowest BCUT2D eigenvalue weighted by Crippen LogP contribution is -2.09. The first-order valence-corrected chi connectivity index (χ1v) is 5.60. The number of hydrogen-bond acceptors (Lipinski definition) is 2. The summed E-state index contributed by atoms with van der Waals surface area (Å²) in [4.78, 5) is 0. The molecule has 0 fully saturated rings. The van der Waals surface area contributed by atoms with Crippen molar-refractivity contribution in [3.05, 3.63) is 27.7 Å². The second kappa shape index (κ2) is 4.80. The molecule has 0 aliphatic carbocycles. The van der Waals surface area contributed by atoms with E-state index in [-0.39, 0.29) is 5.92 Å². The lowest BCUT2D eigenvalue weighted by molar-refractivity contribution is 0.462. The van der Waals surface area contributed by atoms with Crippen LogP contribution in [0.25, 0.3) is 0 Å². The Balaban J connectivity index is 3.14. The third kappa shape index (κ3) is 2.28. The van der Waals surface area contributed by atoms with Crippen molar-refractivity contribution in [1.82, 2.24) is 0 Å². The Morgan fingerprint density at radius 1 is 1.50 bits per heavy atom. The highest BCUT2D eigenvalue weighted by Crippen LogP contribution is 2.31. The standard InChI is InChI=1S/C11H16BrNO/c1-3-8-4-11(14)9(5-10(8)12)7(2)6-13/h4-5,7,14H,3,6,13H2,1-2H3. The number of aromatic hydroxyl groups is 1. The Bertz CT molecular complexity index is 325. The molecule has 0 spiro atoms. The first-order valence-electron chi connectivity index (χ1n) is 4.81. The number of nitrogens with two attached hydrogens (primary N) is 1. The molecule has 1 aromatic rings. The van der Waals surface area contributed by atoms with Crippen LogP contribution in [0.2, 0.25) is 0 Å². The molecule has 78 valence electrons. The predicted molar refractivity (Wildman–Crippen MR) is 62.7 cm³/mol. The van der Waals surface area contributed by atoms with E-state index < -0.39 is 0 Å². The summed E-state index contributed by atoms with van der Waals surface area (Å²) in [5, 5.41) is 9.77. The number of phenols is 1. The van der Waals surface area contributed by atoms with Crippen LogP contribution in [0.4, 0.5) is 0 Å². The first kappa shape index (κ1) is 11.5. The van der Waals surface area contributed by atoms with Crippen LogP contribution >= 0.6 is 15.9 Å². The maximum Gasteiger partial charge on any atom is 0.119 e. The largest absolute Gasteiger partial charge is 0.508 e. The van der Waals surface area contributed by atoms with Crippen LogP contribution in [0.3, 0.4) is 0 Å². The van der Waals surface area contributed by atoms with Gasteiger partial charge in [-0.1, -0.05) is 29.8 Å². The zero-order valence-corrected chi connectivity index (χ0v) is 10.1. The summed E-state index contributed by atoms with van der Waals surface area (Å²) in [5.41, 5.74) is 7.60. The topological polar surface area (TPSA) is 46.2 Å². The van der Waals surface area contributed by atoms with E-state index in [1.165, 1.54) is 0 Å². The van der Waals surface area contributed by atoms with Gasteiger partial charge in [0, 0.05) is 4.47 Å². The van der Waals surface area contributed by atoms with Gasteiger partial charge in [-0.05, 0) is 42.1 Å². The Labute approximate surface area is 93.3 Å². The van der Waals surface area contributed by atoms with Crippen molar-refractivity contribution in [2.45, 2.75) is 26.2 Å². The van der Waals surface area contributed by atoms with Crippen LogP contribution in [0.5, 0.6) is 5.75 Å². The SMILES string of the molecule is CCc1cc(O)c(C(C)CN)cc1Br. The molecule has 0 saturated heterocycles. The molecule has 0 aromatic heterocycles.